The Kier molecular flexibility index (Phi) is 6.52. The summed E-state index contributed by atoms with van der Waals surface area (Å²) in [6, 6.07) is 21.1. The molecular formula is C24H22FN3O4S. The van der Waals surface area contributed by atoms with Gasteiger partial charge in [0.25, 0.3) is 5.91 Å². The number of oxime groups is 1. The van der Waals surface area contributed by atoms with Gasteiger partial charge < -0.3 is 10.2 Å². The molecule has 0 saturated heterocycles. The maximum atomic E-state index is 13.4. The Labute approximate surface area is 191 Å². The van der Waals surface area contributed by atoms with Crippen LogP contribution < -0.4 is 5.32 Å². The molecule has 4 rings (SSSR count). The number of carbonyl (C=O) groups excluding carboxylic acids is 1. The average molecular weight is 468 g/mol. The van der Waals surface area contributed by atoms with E-state index in [9.17, 15) is 17.6 Å². The van der Waals surface area contributed by atoms with Crippen LogP contribution in [0.1, 0.15) is 17.5 Å². The second-order valence-corrected chi connectivity index (χ2v) is 9.65. The van der Waals surface area contributed by atoms with Gasteiger partial charge in [-0.2, -0.15) is 4.31 Å². The van der Waals surface area contributed by atoms with Crippen LogP contribution in [0.2, 0.25) is 0 Å². The van der Waals surface area contributed by atoms with Crippen LogP contribution in [0.3, 0.4) is 0 Å². The largest absolute Gasteiger partial charge is 0.382 e. The molecule has 3 aromatic carbocycles. The van der Waals surface area contributed by atoms with Gasteiger partial charge in [-0.1, -0.05) is 47.6 Å². The monoisotopic (exact) mass is 467 g/mol. The van der Waals surface area contributed by atoms with Gasteiger partial charge in [0, 0.05) is 31.3 Å². The molecule has 0 spiro atoms. The molecule has 1 N–H and O–H groups in total. The van der Waals surface area contributed by atoms with Crippen LogP contribution >= 0.6 is 0 Å². The summed E-state index contributed by atoms with van der Waals surface area (Å²) in [5.41, 5.74) is 2.34. The summed E-state index contributed by atoms with van der Waals surface area (Å²) in [5, 5.41) is 6.59. The first-order valence-electron chi connectivity index (χ1n) is 10.2. The van der Waals surface area contributed by atoms with E-state index in [1.165, 1.54) is 47.8 Å². The topological polar surface area (TPSA) is 88.1 Å². The van der Waals surface area contributed by atoms with Crippen molar-refractivity contribution in [2.24, 2.45) is 5.16 Å². The van der Waals surface area contributed by atoms with E-state index in [0.717, 1.165) is 5.56 Å². The number of anilines is 1. The SMILES string of the molecule is CN(Cc1ccccc1)S(=O)(=O)c1ccc(NC(=O)C2CC(c3cccc(F)c3)=NO2)cc1. The second-order valence-electron chi connectivity index (χ2n) is 7.61. The van der Waals surface area contributed by atoms with E-state index in [-0.39, 0.29) is 17.9 Å². The highest BCUT2D eigenvalue weighted by Gasteiger charge is 2.29. The first-order valence-corrected chi connectivity index (χ1v) is 11.7. The van der Waals surface area contributed by atoms with Gasteiger partial charge in [-0.05, 0) is 42.0 Å². The van der Waals surface area contributed by atoms with Gasteiger partial charge in [0.05, 0.1) is 10.6 Å². The molecule has 3 aromatic rings. The quantitative estimate of drug-likeness (QED) is 0.573. The Balaban J connectivity index is 1.37. The van der Waals surface area contributed by atoms with E-state index < -0.39 is 27.9 Å². The lowest BCUT2D eigenvalue weighted by atomic mass is 10.0. The summed E-state index contributed by atoms with van der Waals surface area (Å²) in [5.74, 6) is -0.825. The Bertz CT molecular complexity index is 1280. The maximum Gasteiger partial charge on any atom is 0.268 e. The van der Waals surface area contributed by atoms with Crippen molar-refractivity contribution in [1.82, 2.24) is 4.31 Å². The summed E-state index contributed by atoms with van der Waals surface area (Å²) in [7, 11) is -2.17. The minimum Gasteiger partial charge on any atom is -0.382 e. The molecule has 1 amide bonds. The van der Waals surface area contributed by atoms with Crippen LogP contribution in [-0.2, 0) is 26.2 Å². The van der Waals surface area contributed by atoms with E-state index in [0.29, 0.717) is 17.0 Å². The third kappa shape index (κ3) is 5.27. The van der Waals surface area contributed by atoms with Crippen LogP contribution in [-0.4, -0.2) is 37.5 Å². The van der Waals surface area contributed by atoms with Crippen LogP contribution in [0.15, 0.2) is 88.9 Å². The van der Waals surface area contributed by atoms with Gasteiger partial charge in [-0.15, -0.1) is 0 Å². The standard InChI is InChI=1S/C24H22FN3O4S/c1-28(16-17-6-3-2-4-7-17)33(30,31)21-12-10-20(11-13-21)26-24(29)23-15-22(27-32-23)18-8-5-9-19(25)14-18/h2-14,23H,15-16H2,1H3,(H,26,29). The van der Waals surface area contributed by atoms with E-state index >= 15 is 0 Å². The smallest absolute Gasteiger partial charge is 0.268 e. The van der Waals surface area contributed by atoms with Crippen molar-refractivity contribution in [2.45, 2.75) is 24.0 Å². The Hall–Kier alpha value is -3.56. The second kappa shape index (κ2) is 9.51. The van der Waals surface area contributed by atoms with E-state index in [2.05, 4.69) is 10.5 Å². The molecule has 1 heterocycles. The Morgan fingerprint density at radius 1 is 1.09 bits per heavy atom. The number of nitrogens with one attached hydrogen (secondary N) is 1. The van der Waals surface area contributed by atoms with E-state index in [4.69, 9.17) is 4.84 Å². The highest BCUT2D eigenvalue weighted by molar-refractivity contribution is 7.89. The summed E-state index contributed by atoms with van der Waals surface area (Å²) >= 11 is 0. The average Bonchev–Trinajstić information content (AvgIpc) is 3.31. The fourth-order valence-corrected chi connectivity index (χ4v) is 4.55. The Morgan fingerprint density at radius 2 is 1.82 bits per heavy atom. The molecule has 0 saturated carbocycles. The van der Waals surface area contributed by atoms with Crippen LogP contribution in [0.25, 0.3) is 0 Å². The molecule has 9 heteroatoms. The number of benzene rings is 3. The number of rotatable bonds is 7. The number of carbonyl (C=O) groups is 1. The minimum atomic E-state index is -3.69. The molecule has 1 unspecified atom stereocenters. The lowest BCUT2D eigenvalue weighted by Crippen LogP contribution is -2.28. The zero-order valence-corrected chi connectivity index (χ0v) is 18.6. The van der Waals surface area contributed by atoms with Gasteiger partial charge in [-0.25, -0.2) is 12.8 Å². The third-order valence-corrected chi connectivity index (χ3v) is 7.01. The molecule has 170 valence electrons. The molecule has 7 nitrogen and oxygen atoms in total. The predicted molar refractivity (Wildman–Crippen MR) is 123 cm³/mol. The van der Waals surface area contributed by atoms with E-state index in [1.54, 1.807) is 12.1 Å². The van der Waals surface area contributed by atoms with Crippen LogP contribution in [0.5, 0.6) is 0 Å². The van der Waals surface area contributed by atoms with Gasteiger partial charge in [0.15, 0.2) is 0 Å². The molecule has 1 aliphatic rings. The Morgan fingerprint density at radius 3 is 2.52 bits per heavy atom. The molecule has 0 fully saturated rings. The van der Waals surface area contributed by atoms with Crippen LogP contribution in [0, 0.1) is 5.82 Å². The maximum absolute atomic E-state index is 13.4. The first-order chi connectivity index (χ1) is 15.8. The number of halogens is 1. The summed E-state index contributed by atoms with van der Waals surface area (Å²) in [6.45, 7) is 0.244. The predicted octanol–water partition coefficient (Wildman–Crippen LogP) is 3.78. The number of hydrogen-bond donors (Lipinski definition) is 1. The van der Waals surface area contributed by atoms with Crippen molar-refractivity contribution in [3.63, 3.8) is 0 Å². The third-order valence-electron chi connectivity index (χ3n) is 5.20. The highest BCUT2D eigenvalue weighted by atomic mass is 32.2. The van der Waals surface area contributed by atoms with Crippen molar-refractivity contribution in [3.8, 4) is 0 Å². The molecular weight excluding hydrogens is 445 g/mol. The fourth-order valence-electron chi connectivity index (χ4n) is 3.39. The number of sulfonamides is 1. The molecule has 1 atom stereocenters. The summed E-state index contributed by atoms with van der Waals surface area (Å²) in [4.78, 5) is 17.9. The highest BCUT2D eigenvalue weighted by Crippen LogP contribution is 2.22. The lowest BCUT2D eigenvalue weighted by Gasteiger charge is -2.17. The molecule has 1 aliphatic heterocycles. The molecule has 0 radical (unpaired) electrons. The van der Waals surface area contributed by atoms with Gasteiger partial charge >= 0.3 is 0 Å². The number of hydrogen-bond acceptors (Lipinski definition) is 5. The molecule has 33 heavy (non-hydrogen) atoms. The van der Waals surface area contributed by atoms with Crippen molar-refractivity contribution >= 4 is 27.3 Å². The van der Waals surface area contributed by atoms with Gasteiger partial charge in [0.2, 0.25) is 16.1 Å². The van der Waals surface area contributed by atoms with Crippen molar-refractivity contribution < 1.29 is 22.4 Å². The minimum absolute atomic E-state index is 0.118. The number of nitrogens with zero attached hydrogens (tertiary/aromatic N) is 2. The van der Waals surface area contributed by atoms with Gasteiger partial charge in [0.1, 0.15) is 5.82 Å². The van der Waals surface area contributed by atoms with Crippen molar-refractivity contribution in [1.29, 1.82) is 0 Å². The first kappa shape index (κ1) is 22.6. The van der Waals surface area contributed by atoms with E-state index in [1.807, 2.05) is 30.3 Å². The normalized spacial score (nSPS) is 15.7. The lowest BCUT2D eigenvalue weighted by molar-refractivity contribution is -0.125. The molecule has 0 aromatic heterocycles. The van der Waals surface area contributed by atoms with Gasteiger partial charge in [-0.3, -0.25) is 4.79 Å². The van der Waals surface area contributed by atoms with Crippen LogP contribution in [0.4, 0.5) is 10.1 Å². The fraction of sp³-hybridized carbons (Fsp3) is 0.167. The molecule has 0 bridgehead atoms. The summed E-state index contributed by atoms with van der Waals surface area (Å²) < 4.78 is 40.4. The number of amides is 1. The van der Waals surface area contributed by atoms with Crippen molar-refractivity contribution in [2.75, 3.05) is 12.4 Å². The van der Waals surface area contributed by atoms with Crippen molar-refractivity contribution in [3.05, 3.63) is 95.8 Å². The summed E-state index contributed by atoms with van der Waals surface area (Å²) in [6.07, 6.45) is -0.657. The molecule has 0 aliphatic carbocycles. The zero-order chi connectivity index (χ0) is 23.4. The zero-order valence-electron chi connectivity index (χ0n) is 17.8.